The molecule has 0 aliphatic carbocycles. The van der Waals surface area contributed by atoms with E-state index in [9.17, 15) is 13.2 Å². The second kappa shape index (κ2) is 7.58. The van der Waals surface area contributed by atoms with E-state index in [1.807, 2.05) is 18.2 Å². The van der Waals surface area contributed by atoms with E-state index in [4.69, 9.17) is 11.6 Å². The zero-order valence-corrected chi connectivity index (χ0v) is 15.3. The van der Waals surface area contributed by atoms with Gasteiger partial charge in [-0.3, -0.25) is 4.79 Å². The van der Waals surface area contributed by atoms with Gasteiger partial charge in [-0.15, -0.1) is 0 Å². The Kier molecular flexibility index (Phi) is 5.45. The normalized spacial score (nSPS) is 17.6. The number of rotatable bonds is 5. The molecule has 25 heavy (non-hydrogen) atoms. The molecule has 0 aromatic heterocycles. The maximum Gasteiger partial charge on any atom is 0.222 e. The number of likely N-dealkylation sites (tertiary alicyclic amines) is 1. The standard InChI is InChI=1S/C19H20ClNO3S/c20-16-6-4-5-15(13-16)9-10-19(22)21-12-11-18(14-21)25(23,24)17-7-2-1-3-8-17/h1-8,13,18H,9-12,14H2. The molecule has 1 atom stereocenters. The fourth-order valence-electron chi connectivity index (χ4n) is 3.11. The molecular weight excluding hydrogens is 358 g/mol. The number of carbonyl (C=O) groups is 1. The van der Waals surface area contributed by atoms with E-state index in [-0.39, 0.29) is 12.5 Å². The third-order valence-electron chi connectivity index (χ3n) is 4.52. The zero-order valence-electron chi connectivity index (χ0n) is 13.8. The molecule has 0 saturated carbocycles. The van der Waals surface area contributed by atoms with Crippen molar-refractivity contribution in [2.24, 2.45) is 0 Å². The summed E-state index contributed by atoms with van der Waals surface area (Å²) < 4.78 is 25.3. The van der Waals surface area contributed by atoms with Gasteiger partial charge in [0.2, 0.25) is 5.91 Å². The van der Waals surface area contributed by atoms with E-state index in [1.165, 1.54) is 0 Å². The summed E-state index contributed by atoms with van der Waals surface area (Å²) in [7, 11) is -3.39. The predicted octanol–water partition coefficient (Wildman–Crippen LogP) is 3.35. The Morgan fingerprint density at radius 3 is 2.60 bits per heavy atom. The van der Waals surface area contributed by atoms with Gasteiger partial charge in [0.25, 0.3) is 0 Å². The smallest absolute Gasteiger partial charge is 0.222 e. The quantitative estimate of drug-likeness (QED) is 0.802. The Morgan fingerprint density at radius 1 is 1.12 bits per heavy atom. The molecule has 3 rings (SSSR count). The monoisotopic (exact) mass is 377 g/mol. The minimum Gasteiger partial charge on any atom is -0.341 e. The van der Waals surface area contributed by atoms with Crippen molar-refractivity contribution < 1.29 is 13.2 Å². The van der Waals surface area contributed by atoms with Crippen LogP contribution in [0.4, 0.5) is 0 Å². The Bertz CT molecular complexity index is 852. The molecule has 0 spiro atoms. The second-order valence-corrected chi connectivity index (χ2v) is 8.90. The summed E-state index contributed by atoms with van der Waals surface area (Å²) in [6.07, 6.45) is 1.45. The fourth-order valence-corrected chi connectivity index (χ4v) is 5.04. The molecule has 132 valence electrons. The number of hydrogen-bond donors (Lipinski definition) is 0. The lowest BCUT2D eigenvalue weighted by molar-refractivity contribution is -0.130. The van der Waals surface area contributed by atoms with E-state index in [1.54, 1.807) is 41.3 Å². The first-order valence-corrected chi connectivity index (χ1v) is 10.2. The first kappa shape index (κ1) is 18.0. The Hall–Kier alpha value is -1.85. The molecule has 6 heteroatoms. The molecule has 0 N–H and O–H groups in total. The highest BCUT2D eigenvalue weighted by Crippen LogP contribution is 2.24. The molecule has 0 bridgehead atoms. The Morgan fingerprint density at radius 2 is 1.88 bits per heavy atom. The number of amides is 1. The van der Waals surface area contributed by atoms with Crippen molar-refractivity contribution in [3.63, 3.8) is 0 Å². The maximum absolute atomic E-state index is 12.7. The number of aryl methyl sites for hydroxylation is 1. The number of hydrogen-bond acceptors (Lipinski definition) is 3. The highest BCUT2D eigenvalue weighted by Gasteiger charge is 2.35. The van der Waals surface area contributed by atoms with Crippen LogP contribution in [0.15, 0.2) is 59.5 Å². The average Bonchev–Trinajstić information content (AvgIpc) is 3.11. The topological polar surface area (TPSA) is 54.5 Å². The average molecular weight is 378 g/mol. The van der Waals surface area contributed by atoms with Crippen LogP contribution in [0.3, 0.4) is 0 Å². The summed E-state index contributed by atoms with van der Waals surface area (Å²) >= 11 is 5.95. The van der Waals surface area contributed by atoms with Gasteiger partial charge in [-0.25, -0.2) is 8.42 Å². The van der Waals surface area contributed by atoms with Crippen LogP contribution >= 0.6 is 11.6 Å². The third kappa shape index (κ3) is 4.22. The number of carbonyl (C=O) groups excluding carboxylic acids is 1. The molecule has 1 heterocycles. The number of sulfone groups is 1. The van der Waals surface area contributed by atoms with E-state index in [2.05, 4.69) is 0 Å². The Labute approximate surface area is 153 Å². The lowest BCUT2D eigenvalue weighted by Crippen LogP contribution is -2.32. The molecule has 1 amide bonds. The van der Waals surface area contributed by atoms with Crippen molar-refractivity contribution in [3.05, 3.63) is 65.2 Å². The Balaban J connectivity index is 1.60. The van der Waals surface area contributed by atoms with Gasteiger partial charge in [0.05, 0.1) is 10.1 Å². The maximum atomic E-state index is 12.7. The van der Waals surface area contributed by atoms with Crippen molar-refractivity contribution >= 4 is 27.3 Å². The van der Waals surface area contributed by atoms with Crippen molar-refractivity contribution in [1.82, 2.24) is 4.90 Å². The molecule has 2 aromatic carbocycles. The number of halogens is 1. The summed E-state index contributed by atoms with van der Waals surface area (Å²) in [5.41, 5.74) is 1.01. The van der Waals surface area contributed by atoms with Gasteiger partial charge in [-0.1, -0.05) is 41.9 Å². The second-order valence-electron chi connectivity index (χ2n) is 6.24. The molecule has 1 aliphatic rings. The summed E-state index contributed by atoms with van der Waals surface area (Å²) in [6.45, 7) is 0.761. The van der Waals surface area contributed by atoms with Gasteiger partial charge in [-0.2, -0.15) is 0 Å². The van der Waals surface area contributed by atoms with Crippen molar-refractivity contribution in [2.45, 2.75) is 29.4 Å². The summed E-state index contributed by atoms with van der Waals surface area (Å²) in [6, 6.07) is 15.9. The lowest BCUT2D eigenvalue weighted by atomic mass is 10.1. The minimum absolute atomic E-state index is 0.00858. The molecule has 1 saturated heterocycles. The lowest BCUT2D eigenvalue weighted by Gasteiger charge is -2.17. The van der Waals surface area contributed by atoms with Crippen LogP contribution < -0.4 is 0 Å². The van der Waals surface area contributed by atoms with Gasteiger partial charge in [0, 0.05) is 24.5 Å². The minimum atomic E-state index is -3.39. The largest absolute Gasteiger partial charge is 0.341 e. The van der Waals surface area contributed by atoms with E-state index in [0.717, 1.165) is 5.56 Å². The van der Waals surface area contributed by atoms with Gasteiger partial charge in [0.15, 0.2) is 9.84 Å². The molecule has 1 unspecified atom stereocenters. The first-order chi connectivity index (χ1) is 12.0. The molecule has 2 aromatic rings. The van der Waals surface area contributed by atoms with Gasteiger partial charge < -0.3 is 4.90 Å². The van der Waals surface area contributed by atoms with Gasteiger partial charge in [-0.05, 0) is 42.7 Å². The van der Waals surface area contributed by atoms with Gasteiger partial charge in [0.1, 0.15) is 0 Å². The highest BCUT2D eigenvalue weighted by atomic mass is 35.5. The van der Waals surface area contributed by atoms with E-state index >= 15 is 0 Å². The molecular formula is C19H20ClNO3S. The van der Waals surface area contributed by atoms with Crippen molar-refractivity contribution in [3.8, 4) is 0 Å². The van der Waals surface area contributed by atoms with E-state index in [0.29, 0.717) is 35.7 Å². The van der Waals surface area contributed by atoms with Crippen LogP contribution in [0.2, 0.25) is 5.02 Å². The van der Waals surface area contributed by atoms with Crippen LogP contribution in [-0.4, -0.2) is 37.6 Å². The number of nitrogens with zero attached hydrogens (tertiary/aromatic N) is 1. The summed E-state index contributed by atoms with van der Waals surface area (Å²) in [4.78, 5) is 14.4. The first-order valence-electron chi connectivity index (χ1n) is 8.28. The van der Waals surface area contributed by atoms with Gasteiger partial charge >= 0.3 is 0 Å². The molecule has 4 nitrogen and oxygen atoms in total. The van der Waals surface area contributed by atoms with Crippen LogP contribution in [0.25, 0.3) is 0 Å². The van der Waals surface area contributed by atoms with Crippen LogP contribution in [0, 0.1) is 0 Å². The highest BCUT2D eigenvalue weighted by molar-refractivity contribution is 7.92. The predicted molar refractivity (Wildman–Crippen MR) is 98.4 cm³/mol. The van der Waals surface area contributed by atoms with Crippen LogP contribution in [-0.2, 0) is 21.1 Å². The van der Waals surface area contributed by atoms with Crippen LogP contribution in [0.1, 0.15) is 18.4 Å². The van der Waals surface area contributed by atoms with Crippen LogP contribution in [0.5, 0.6) is 0 Å². The van der Waals surface area contributed by atoms with Crippen molar-refractivity contribution in [2.75, 3.05) is 13.1 Å². The summed E-state index contributed by atoms with van der Waals surface area (Å²) in [5.74, 6) is -0.00858. The summed E-state index contributed by atoms with van der Waals surface area (Å²) in [5, 5.41) is 0.130. The molecule has 0 radical (unpaired) electrons. The number of benzene rings is 2. The molecule has 1 aliphatic heterocycles. The van der Waals surface area contributed by atoms with E-state index < -0.39 is 15.1 Å². The molecule has 1 fully saturated rings. The SMILES string of the molecule is O=C(CCc1cccc(Cl)c1)N1CCC(S(=O)(=O)c2ccccc2)C1. The fraction of sp³-hybridized carbons (Fsp3) is 0.316. The third-order valence-corrected chi connectivity index (χ3v) is 6.95. The zero-order chi connectivity index (χ0) is 17.9. The van der Waals surface area contributed by atoms with Crippen molar-refractivity contribution in [1.29, 1.82) is 0 Å².